The van der Waals surface area contributed by atoms with E-state index in [0.717, 1.165) is 17.7 Å². The molecule has 4 nitrogen and oxygen atoms in total. The third kappa shape index (κ3) is 5.41. The second-order valence-corrected chi connectivity index (χ2v) is 5.81. The predicted molar refractivity (Wildman–Crippen MR) is 97.0 cm³/mol. The van der Waals surface area contributed by atoms with Gasteiger partial charge in [0.2, 0.25) is 11.8 Å². The maximum Gasteiger partial charge on any atom is 0.224 e. The number of anilines is 1. The molecule has 0 aliphatic heterocycles. The van der Waals surface area contributed by atoms with Crippen LogP contribution in [0, 0.1) is 5.82 Å². The van der Waals surface area contributed by atoms with Crippen LogP contribution < -0.4 is 10.2 Å². The summed E-state index contributed by atoms with van der Waals surface area (Å²) in [5.41, 5.74) is 2.58. The lowest BCUT2D eigenvalue weighted by Gasteiger charge is -2.24. The van der Waals surface area contributed by atoms with E-state index >= 15 is 0 Å². The summed E-state index contributed by atoms with van der Waals surface area (Å²) in [6.45, 7) is 4.28. The summed E-state index contributed by atoms with van der Waals surface area (Å²) in [5, 5.41) is 2.79. The van der Waals surface area contributed by atoms with Gasteiger partial charge in [0.25, 0.3) is 0 Å². The van der Waals surface area contributed by atoms with E-state index in [2.05, 4.69) is 5.32 Å². The largest absolute Gasteiger partial charge is 0.354 e. The molecule has 0 spiro atoms. The molecule has 2 aromatic rings. The van der Waals surface area contributed by atoms with Crippen LogP contribution in [-0.2, 0) is 22.4 Å². The molecule has 0 atom stereocenters. The maximum absolute atomic E-state index is 13.1. The van der Waals surface area contributed by atoms with Crippen molar-refractivity contribution in [2.24, 2.45) is 0 Å². The average molecular weight is 342 g/mol. The fraction of sp³-hybridized carbons (Fsp3) is 0.300. The predicted octanol–water partition coefficient (Wildman–Crippen LogP) is 3.10. The van der Waals surface area contributed by atoms with E-state index in [4.69, 9.17) is 0 Å². The Kier molecular flexibility index (Phi) is 6.69. The van der Waals surface area contributed by atoms with Crippen LogP contribution in [0.25, 0.3) is 0 Å². The molecular formula is C20H23FN2O2. The summed E-state index contributed by atoms with van der Waals surface area (Å²) in [6, 6.07) is 13.7. The van der Waals surface area contributed by atoms with Crippen molar-refractivity contribution in [1.29, 1.82) is 0 Å². The highest BCUT2D eigenvalue weighted by Crippen LogP contribution is 2.20. The standard InChI is InChI=1S/C20H23FN2O2/c1-3-17-8-4-5-10-19(17)23(15(2)24)12-11-22-20(25)14-16-7-6-9-18(21)13-16/h4-10,13H,3,11-12,14H2,1-2H3,(H,22,25). The second-order valence-electron chi connectivity index (χ2n) is 5.81. The van der Waals surface area contributed by atoms with Crippen LogP contribution >= 0.6 is 0 Å². The molecule has 0 radical (unpaired) electrons. The van der Waals surface area contributed by atoms with Crippen molar-refractivity contribution in [2.45, 2.75) is 26.7 Å². The Hall–Kier alpha value is -2.69. The number of hydrogen-bond donors (Lipinski definition) is 1. The summed E-state index contributed by atoms with van der Waals surface area (Å²) in [4.78, 5) is 25.7. The summed E-state index contributed by atoms with van der Waals surface area (Å²) >= 11 is 0. The maximum atomic E-state index is 13.1. The number of rotatable bonds is 7. The number of halogens is 1. The molecule has 2 amide bonds. The highest BCUT2D eigenvalue weighted by Gasteiger charge is 2.14. The molecule has 0 fully saturated rings. The smallest absolute Gasteiger partial charge is 0.224 e. The van der Waals surface area contributed by atoms with Gasteiger partial charge < -0.3 is 10.2 Å². The van der Waals surface area contributed by atoms with Crippen molar-refractivity contribution in [1.82, 2.24) is 5.32 Å². The number of para-hydroxylation sites is 1. The monoisotopic (exact) mass is 342 g/mol. The zero-order chi connectivity index (χ0) is 18.2. The van der Waals surface area contributed by atoms with E-state index in [1.807, 2.05) is 31.2 Å². The van der Waals surface area contributed by atoms with Crippen molar-refractivity contribution in [3.8, 4) is 0 Å². The number of nitrogens with one attached hydrogen (secondary N) is 1. The Labute approximate surface area is 147 Å². The van der Waals surface area contributed by atoms with Crippen LogP contribution in [0.1, 0.15) is 25.0 Å². The fourth-order valence-electron chi connectivity index (χ4n) is 2.72. The van der Waals surface area contributed by atoms with Crippen molar-refractivity contribution in [3.63, 3.8) is 0 Å². The zero-order valence-electron chi connectivity index (χ0n) is 14.6. The van der Waals surface area contributed by atoms with Gasteiger partial charge >= 0.3 is 0 Å². The van der Waals surface area contributed by atoms with Crippen LogP contribution in [-0.4, -0.2) is 24.9 Å². The number of hydrogen-bond acceptors (Lipinski definition) is 2. The number of carbonyl (C=O) groups is 2. The average Bonchev–Trinajstić information content (AvgIpc) is 2.58. The molecule has 0 saturated carbocycles. The lowest BCUT2D eigenvalue weighted by atomic mass is 10.1. The number of carbonyl (C=O) groups excluding carboxylic acids is 2. The van der Waals surface area contributed by atoms with Crippen LogP contribution in [0.2, 0.25) is 0 Å². The van der Waals surface area contributed by atoms with Gasteiger partial charge in [0.05, 0.1) is 6.42 Å². The van der Waals surface area contributed by atoms with Crippen molar-refractivity contribution >= 4 is 17.5 Å². The lowest BCUT2D eigenvalue weighted by molar-refractivity contribution is -0.121. The van der Waals surface area contributed by atoms with E-state index in [0.29, 0.717) is 18.7 Å². The quantitative estimate of drug-likeness (QED) is 0.840. The van der Waals surface area contributed by atoms with Gasteiger partial charge in [0.15, 0.2) is 0 Å². The van der Waals surface area contributed by atoms with Crippen LogP contribution in [0.15, 0.2) is 48.5 Å². The molecule has 2 rings (SSSR count). The summed E-state index contributed by atoms with van der Waals surface area (Å²) in [5.74, 6) is -0.623. The van der Waals surface area contributed by atoms with Crippen molar-refractivity contribution in [2.75, 3.05) is 18.0 Å². The highest BCUT2D eigenvalue weighted by molar-refractivity contribution is 5.92. The van der Waals surface area contributed by atoms with Crippen molar-refractivity contribution < 1.29 is 14.0 Å². The first-order chi connectivity index (χ1) is 12.0. The van der Waals surface area contributed by atoms with Gasteiger partial charge in [-0.15, -0.1) is 0 Å². The van der Waals surface area contributed by atoms with Crippen molar-refractivity contribution in [3.05, 3.63) is 65.5 Å². The Morgan fingerprint density at radius 1 is 1.12 bits per heavy atom. The molecule has 25 heavy (non-hydrogen) atoms. The molecule has 0 bridgehead atoms. The van der Waals surface area contributed by atoms with Gasteiger partial charge in [-0.1, -0.05) is 37.3 Å². The van der Waals surface area contributed by atoms with E-state index in [9.17, 15) is 14.0 Å². The molecule has 1 N–H and O–H groups in total. The Bertz CT molecular complexity index is 746. The number of nitrogens with zero attached hydrogens (tertiary/aromatic N) is 1. The number of benzene rings is 2. The molecular weight excluding hydrogens is 319 g/mol. The molecule has 0 aromatic heterocycles. The Morgan fingerprint density at radius 3 is 2.56 bits per heavy atom. The minimum absolute atomic E-state index is 0.0692. The Morgan fingerprint density at radius 2 is 1.88 bits per heavy atom. The van der Waals surface area contributed by atoms with Crippen LogP contribution in [0.5, 0.6) is 0 Å². The molecule has 0 unspecified atom stereocenters. The lowest BCUT2D eigenvalue weighted by Crippen LogP contribution is -2.38. The Balaban J connectivity index is 1.93. The fourth-order valence-corrected chi connectivity index (χ4v) is 2.72. The minimum atomic E-state index is -0.357. The second kappa shape index (κ2) is 8.97. The summed E-state index contributed by atoms with van der Waals surface area (Å²) in [6.07, 6.45) is 0.940. The number of aryl methyl sites for hydroxylation is 1. The van der Waals surface area contributed by atoms with E-state index in [1.54, 1.807) is 17.0 Å². The molecule has 0 aliphatic carbocycles. The SMILES string of the molecule is CCc1ccccc1N(CCNC(=O)Cc1cccc(F)c1)C(C)=O. The third-order valence-electron chi connectivity index (χ3n) is 3.95. The molecule has 0 heterocycles. The summed E-state index contributed by atoms with van der Waals surface area (Å²) < 4.78 is 13.1. The zero-order valence-corrected chi connectivity index (χ0v) is 14.6. The molecule has 0 aliphatic rings. The first kappa shape index (κ1) is 18.6. The normalized spacial score (nSPS) is 10.4. The molecule has 5 heteroatoms. The van der Waals surface area contributed by atoms with E-state index in [-0.39, 0.29) is 24.1 Å². The van der Waals surface area contributed by atoms with E-state index < -0.39 is 0 Å². The van der Waals surface area contributed by atoms with Crippen LogP contribution in [0.4, 0.5) is 10.1 Å². The highest BCUT2D eigenvalue weighted by atomic mass is 19.1. The van der Waals surface area contributed by atoms with E-state index in [1.165, 1.54) is 19.1 Å². The first-order valence-electron chi connectivity index (χ1n) is 8.38. The van der Waals surface area contributed by atoms with Crippen LogP contribution in [0.3, 0.4) is 0 Å². The molecule has 0 saturated heterocycles. The van der Waals surface area contributed by atoms with Gasteiger partial charge in [-0.2, -0.15) is 0 Å². The number of amides is 2. The first-order valence-corrected chi connectivity index (χ1v) is 8.38. The third-order valence-corrected chi connectivity index (χ3v) is 3.95. The topological polar surface area (TPSA) is 49.4 Å². The van der Waals surface area contributed by atoms with Gasteiger partial charge in [0, 0.05) is 25.7 Å². The van der Waals surface area contributed by atoms with Gasteiger partial charge in [-0.25, -0.2) is 4.39 Å². The van der Waals surface area contributed by atoms with Gasteiger partial charge in [0.1, 0.15) is 5.82 Å². The minimum Gasteiger partial charge on any atom is -0.354 e. The molecule has 2 aromatic carbocycles. The van der Waals surface area contributed by atoms with Gasteiger partial charge in [-0.3, -0.25) is 9.59 Å². The summed E-state index contributed by atoms with van der Waals surface area (Å²) in [7, 11) is 0. The van der Waals surface area contributed by atoms with Gasteiger partial charge in [-0.05, 0) is 35.7 Å². The molecule has 132 valence electrons.